The molecule has 0 radical (unpaired) electrons. The third-order valence-corrected chi connectivity index (χ3v) is 6.65. The van der Waals surface area contributed by atoms with Crippen LogP contribution in [0.2, 0.25) is 0 Å². The highest BCUT2D eigenvalue weighted by molar-refractivity contribution is 6.02. The number of carbonyl (C=O) groups excluding carboxylic acids is 2. The van der Waals surface area contributed by atoms with E-state index in [9.17, 15) is 14.7 Å². The first-order valence-electron chi connectivity index (χ1n) is 12.8. The highest BCUT2D eigenvalue weighted by Gasteiger charge is 2.33. The Morgan fingerprint density at radius 2 is 1.84 bits per heavy atom. The normalized spacial score (nSPS) is 18.1. The van der Waals surface area contributed by atoms with Gasteiger partial charge in [-0.2, -0.15) is 0 Å². The molecule has 0 spiro atoms. The van der Waals surface area contributed by atoms with Crippen molar-refractivity contribution in [3.63, 3.8) is 0 Å². The highest BCUT2D eigenvalue weighted by Crippen LogP contribution is 2.31. The minimum atomic E-state index is -0.417. The summed E-state index contributed by atoms with van der Waals surface area (Å²) in [5, 5.41) is 15.5. The smallest absolute Gasteiger partial charge is 0.323 e. The van der Waals surface area contributed by atoms with Gasteiger partial charge in [0.1, 0.15) is 11.9 Å². The molecule has 0 unspecified atom stereocenters. The summed E-state index contributed by atoms with van der Waals surface area (Å²) in [5.74, 6) is 0.215. The number of nitrogens with zero attached hydrogens (tertiary/aromatic N) is 3. The Bertz CT molecular complexity index is 1220. The third-order valence-electron chi connectivity index (χ3n) is 6.65. The van der Waals surface area contributed by atoms with Crippen LogP contribution in [0, 0.1) is 5.92 Å². The van der Waals surface area contributed by atoms with Gasteiger partial charge in [-0.05, 0) is 62.0 Å². The molecule has 1 aliphatic rings. The van der Waals surface area contributed by atoms with Crippen LogP contribution in [0.3, 0.4) is 0 Å². The van der Waals surface area contributed by atoms with Gasteiger partial charge in [-0.1, -0.05) is 25.1 Å². The number of fused-ring (bicyclic) bond motifs is 1. The number of likely N-dealkylation sites (N-methyl/N-ethyl adjacent to an activating group) is 1. The Labute approximate surface area is 223 Å². The fraction of sp³-hybridized carbons (Fsp3) is 0.345. The molecule has 38 heavy (non-hydrogen) atoms. The van der Waals surface area contributed by atoms with Crippen LogP contribution in [0.5, 0.6) is 5.75 Å². The number of benzene rings is 2. The largest absolute Gasteiger partial charge is 0.488 e. The molecule has 3 atom stereocenters. The second kappa shape index (κ2) is 12.5. The first-order valence-corrected chi connectivity index (χ1v) is 12.8. The van der Waals surface area contributed by atoms with Crippen LogP contribution in [-0.2, 0) is 6.54 Å². The zero-order valence-corrected chi connectivity index (χ0v) is 22.0. The first-order chi connectivity index (χ1) is 18.3. The topological polar surface area (TPSA) is 107 Å². The van der Waals surface area contributed by atoms with Gasteiger partial charge in [0.25, 0.3) is 5.91 Å². The van der Waals surface area contributed by atoms with Gasteiger partial charge in [-0.3, -0.25) is 14.7 Å². The lowest BCUT2D eigenvalue weighted by atomic mass is 9.99. The summed E-state index contributed by atoms with van der Waals surface area (Å²) in [7, 11) is 2.04. The summed E-state index contributed by atoms with van der Waals surface area (Å²) >= 11 is 0. The van der Waals surface area contributed by atoms with E-state index in [0.29, 0.717) is 35.8 Å². The van der Waals surface area contributed by atoms with E-state index in [2.05, 4.69) is 27.4 Å². The van der Waals surface area contributed by atoms with Crippen LogP contribution in [0.1, 0.15) is 29.8 Å². The standard InChI is InChI=1S/C29H35N5O4/c1-20-16-34(21(2)19-35)28(36)25-15-24(32-29(37)31-23-7-5-4-6-8-23)9-10-26(25)38-27(20)18-33(3)17-22-11-13-30-14-12-22/h4-15,20-21,27,35H,16-19H2,1-3H3,(H2,31,32,37)/t20-,21-,27+/m1/s1. The third kappa shape index (κ3) is 6.87. The van der Waals surface area contributed by atoms with E-state index < -0.39 is 6.03 Å². The van der Waals surface area contributed by atoms with E-state index in [1.807, 2.05) is 44.3 Å². The van der Waals surface area contributed by atoms with Gasteiger partial charge in [0.2, 0.25) is 0 Å². The molecule has 0 saturated heterocycles. The number of hydrogen-bond donors (Lipinski definition) is 3. The molecular formula is C29H35N5O4. The number of para-hydroxylation sites is 1. The predicted molar refractivity (Wildman–Crippen MR) is 147 cm³/mol. The Morgan fingerprint density at radius 1 is 1.13 bits per heavy atom. The fourth-order valence-corrected chi connectivity index (χ4v) is 4.50. The molecule has 1 aliphatic heterocycles. The molecule has 9 heteroatoms. The molecular weight excluding hydrogens is 482 g/mol. The van der Waals surface area contributed by atoms with Crippen LogP contribution in [0.25, 0.3) is 0 Å². The number of hydrogen-bond acceptors (Lipinski definition) is 6. The Balaban J connectivity index is 1.56. The maximum Gasteiger partial charge on any atom is 0.323 e. The van der Waals surface area contributed by atoms with Crippen molar-refractivity contribution in [1.29, 1.82) is 0 Å². The maximum absolute atomic E-state index is 13.6. The molecule has 9 nitrogen and oxygen atoms in total. The number of rotatable bonds is 8. The number of aromatic nitrogens is 1. The van der Waals surface area contributed by atoms with Crippen molar-refractivity contribution in [3.05, 3.63) is 84.2 Å². The summed E-state index contributed by atoms with van der Waals surface area (Å²) < 4.78 is 6.45. The Kier molecular flexibility index (Phi) is 8.93. The Hall–Kier alpha value is -3.95. The number of amides is 3. The number of nitrogens with one attached hydrogen (secondary N) is 2. The van der Waals surface area contributed by atoms with Crippen molar-refractivity contribution in [3.8, 4) is 5.75 Å². The molecule has 2 heterocycles. The monoisotopic (exact) mass is 517 g/mol. The first kappa shape index (κ1) is 27.1. The average Bonchev–Trinajstić information content (AvgIpc) is 2.91. The number of urea groups is 1. The SMILES string of the molecule is C[C@@H]1CN([C@H](C)CO)C(=O)c2cc(NC(=O)Nc3ccccc3)ccc2O[C@H]1CN(C)Cc1ccncc1. The molecule has 4 rings (SSSR count). The van der Waals surface area contributed by atoms with Gasteiger partial charge >= 0.3 is 6.03 Å². The van der Waals surface area contributed by atoms with Crippen molar-refractivity contribution < 1.29 is 19.4 Å². The molecule has 0 fully saturated rings. The van der Waals surface area contributed by atoms with Crippen LogP contribution >= 0.6 is 0 Å². The predicted octanol–water partition coefficient (Wildman–Crippen LogP) is 4.08. The van der Waals surface area contributed by atoms with Crippen molar-refractivity contribution in [2.24, 2.45) is 5.92 Å². The van der Waals surface area contributed by atoms with Gasteiger partial charge in [0, 0.05) is 49.3 Å². The van der Waals surface area contributed by atoms with E-state index in [0.717, 1.165) is 12.1 Å². The molecule has 200 valence electrons. The van der Waals surface area contributed by atoms with Gasteiger partial charge < -0.3 is 25.4 Å². The fourth-order valence-electron chi connectivity index (χ4n) is 4.50. The van der Waals surface area contributed by atoms with Crippen molar-refractivity contribution in [1.82, 2.24) is 14.8 Å². The minimum Gasteiger partial charge on any atom is -0.488 e. The summed E-state index contributed by atoms with van der Waals surface area (Å²) in [6, 6.07) is 17.4. The molecule has 0 aliphatic carbocycles. The van der Waals surface area contributed by atoms with E-state index in [1.165, 1.54) is 0 Å². The highest BCUT2D eigenvalue weighted by atomic mass is 16.5. The molecule has 3 amide bonds. The maximum atomic E-state index is 13.6. The number of anilines is 2. The van der Waals surface area contributed by atoms with Gasteiger partial charge in [0.05, 0.1) is 18.2 Å². The number of carbonyl (C=O) groups is 2. The Morgan fingerprint density at radius 3 is 2.55 bits per heavy atom. The number of ether oxygens (including phenoxy) is 1. The molecule has 3 N–H and O–H groups in total. The van der Waals surface area contributed by atoms with Gasteiger partial charge in [0.15, 0.2) is 0 Å². The zero-order valence-electron chi connectivity index (χ0n) is 22.0. The summed E-state index contributed by atoms with van der Waals surface area (Å²) in [5.41, 5.74) is 2.62. The van der Waals surface area contributed by atoms with E-state index >= 15 is 0 Å². The number of pyridine rings is 1. The zero-order chi connectivity index (χ0) is 27.1. The molecule has 2 aromatic carbocycles. The van der Waals surface area contributed by atoms with E-state index in [4.69, 9.17) is 4.74 Å². The molecule has 0 saturated carbocycles. The van der Waals surface area contributed by atoms with Crippen molar-refractivity contribution >= 4 is 23.3 Å². The summed E-state index contributed by atoms with van der Waals surface area (Å²) in [4.78, 5) is 34.1. The average molecular weight is 518 g/mol. The number of aliphatic hydroxyl groups is 1. The molecule has 0 bridgehead atoms. The summed E-state index contributed by atoms with van der Waals surface area (Å²) in [6.45, 7) is 5.53. The lowest BCUT2D eigenvalue weighted by Gasteiger charge is -2.38. The van der Waals surface area contributed by atoms with Gasteiger partial charge in [-0.25, -0.2) is 4.79 Å². The second-order valence-corrected chi connectivity index (χ2v) is 9.83. The van der Waals surface area contributed by atoms with E-state index in [1.54, 1.807) is 47.6 Å². The van der Waals surface area contributed by atoms with Crippen LogP contribution < -0.4 is 15.4 Å². The minimum absolute atomic E-state index is 0.00967. The number of aliphatic hydroxyl groups excluding tert-OH is 1. The van der Waals surface area contributed by atoms with Crippen LogP contribution in [0.15, 0.2) is 73.1 Å². The van der Waals surface area contributed by atoms with Crippen LogP contribution in [-0.4, -0.2) is 70.7 Å². The lowest BCUT2D eigenvalue weighted by molar-refractivity contribution is 0.0341. The molecule has 3 aromatic rings. The van der Waals surface area contributed by atoms with E-state index in [-0.39, 0.29) is 30.6 Å². The van der Waals surface area contributed by atoms with Crippen LogP contribution in [0.4, 0.5) is 16.2 Å². The van der Waals surface area contributed by atoms with Crippen molar-refractivity contribution in [2.75, 3.05) is 37.4 Å². The second-order valence-electron chi connectivity index (χ2n) is 9.83. The van der Waals surface area contributed by atoms with Gasteiger partial charge in [-0.15, -0.1) is 0 Å². The quantitative estimate of drug-likeness (QED) is 0.416. The molecule has 1 aromatic heterocycles. The van der Waals surface area contributed by atoms with Crippen molar-refractivity contribution in [2.45, 2.75) is 32.5 Å². The summed E-state index contributed by atoms with van der Waals surface area (Å²) in [6.07, 6.45) is 3.35. The lowest BCUT2D eigenvalue weighted by Crippen LogP contribution is -2.49.